The highest BCUT2D eigenvalue weighted by atomic mass is 79.9. The first-order chi connectivity index (χ1) is 18.8. The molecule has 0 spiro atoms. The molecule has 0 saturated carbocycles. The lowest BCUT2D eigenvalue weighted by Crippen LogP contribution is -2.13. The summed E-state index contributed by atoms with van der Waals surface area (Å²) >= 11 is 21.8. The predicted octanol–water partition coefficient (Wildman–Crippen LogP) is 9.11. The van der Waals surface area contributed by atoms with Crippen LogP contribution in [-0.4, -0.2) is 5.91 Å². The van der Waals surface area contributed by atoms with Gasteiger partial charge in [-0.2, -0.15) is 5.26 Å². The lowest BCUT2D eigenvalue weighted by molar-refractivity contribution is -0.112. The summed E-state index contributed by atoms with van der Waals surface area (Å²) in [6.45, 7) is 0.661. The Balaban J connectivity index is 1.35. The summed E-state index contributed by atoms with van der Waals surface area (Å²) in [6, 6.07) is 26.9. The first-order valence-electron chi connectivity index (χ1n) is 11.6. The number of carbonyl (C=O) groups is 1. The molecule has 0 aliphatic rings. The van der Waals surface area contributed by atoms with Crippen LogP contribution >= 0.6 is 50.7 Å². The molecule has 1 amide bonds. The van der Waals surface area contributed by atoms with Gasteiger partial charge >= 0.3 is 0 Å². The maximum absolute atomic E-state index is 12.7. The highest BCUT2D eigenvalue weighted by molar-refractivity contribution is 9.10. The molecule has 0 atom stereocenters. The van der Waals surface area contributed by atoms with Crippen LogP contribution in [-0.2, 0) is 18.0 Å². The lowest BCUT2D eigenvalue weighted by Gasteiger charge is -2.10. The topological polar surface area (TPSA) is 71.3 Å². The Morgan fingerprint density at radius 1 is 0.821 bits per heavy atom. The minimum absolute atomic E-state index is 0.0777. The van der Waals surface area contributed by atoms with Gasteiger partial charge in [-0.25, -0.2) is 0 Å². The average molecular weight is 643 g/mol. The highest BCUT2D eigenvalue weighted by Crippen LogP contribution is 2.29. The molecule has 196 valence electrons. The van der Waals surface area contributed by atoms with E-state index in [2.05, 4.69) is 21.2 Å². The van der Waals surface area contributed by atoms with E-state index in [4.69, 9.17) is 44.3 Å². The van der Waals surface area contributed by atoms with Crippen molar-refractivity contribution in [2.75, 3.05) is 5.32 Å². The van der Waals surface area contributed by atoms with Gasteiger partial charge in [0.1, 0.15) is 36.4 Å². The first-order valence-corrected chi connectivity index (χ1v) is 13.5. The van der Waals surface area contributed by atoms with Crippen molar-refractivity contribution in [3.05, 3.63) is 127 Å². The summed E-state index contributed by atoms with van der Waals surface area (Å²) in [7, 11) is 0. The number of benzene rings is 4. The molecule has 0 saturated heterocycles. The summed E-state index contributed by atoms with van der Waals surface area (Å²) in [4.78, 5) is 12.7. The van der Waals surface area contributed by atoms with E-state index >= 15 is 0 Å². The van der Waals surface area contributed by atoms with Gasteiger partial charge in [-0.3, -0.25) is 4.79 Å². The summed E-state index contributed by atoms with van der Waals surface area (Å²) < 4.78 is 12.6. The largest absolute Gasteiger partial charge is 0.489 e. The fourth-order valence-electron chi connectivity index (χ4n) is 3.41. The van der Waals surface area contributed by atoms with E-state index in [0.29, 0.717) is 44.4 Å². The Morgan fingerprint density at radius 2 is 1.51 bits per heavy atom. The SMILES string of the molecule is N#C/C(=C\c1ccc(OCc2ccc(Cl)c(Cl)c2)c(Cl)c1)C(=O)Nc1ccc(OCc2ccc(Br)cc2)cc1. The molecule has 0 aromatic heterocycles. The Kier molecular flexibility index (Phi) is 9.91. The standard InChI is InChI=1S/C30H20BrCl3N2O3/c31-23-5-1-19(2-6-23)17-38-25-9-7-24(8-10-25)36-30(37)22(16-35)13-20-4-12-29(28(34)14-20)39-18-21-3-11-26(32)27(33)15-21/h1-15H,17-18H2,(H,36,37)/b22-13+. The number of nitrogens with one attached hydrogen (secondary N) is 1. The molecule has 0 aliphatic heterocycles. The Bertz CT molecular complexity index is 1550. The minimum Gasteiger partial charge on any atom is -0.489 e. The van der Waals surface area contributed by atoms with E-state index in [1.165, 1.54) is 6.08 Å². The number of amides is 1. The molecule has 0 radical (unpaired) electrons. The number of anilines is 1. The maximum atomic E-state index is 12.7. The molecule has 4 rings (SSSR count). The monoisotopic (exact) mass is 640 g/mol. The van der Waals surface area contributed by atoms with Crippen molar-refractivity contribution < 1.29 is 14.3 Å². The van der Waals surface area contributed by atoms with Crippen LogP contribution in [0, 0.1) is 11.3 Å². The third-order valence-electron chi connectivity index (χ3n) is 5.44. The van der Waals surface area contributed by atoms with Crippen LogP contribution in [0.4, 0.5) is 5.69 Å². The van der Waals surface area contributed by atoms with Crippen LogP contribution in [0.3, 0.4) is 0 Å². The van der Waals surface area contributed by atoms with Gasteiger partial charge in [-0.1, -0.05) is 75.0 Å². The second kappa shape index (κ2) is 13.5. The van der Waals surface area contributed by atoms with Crippen LogP contribution in [0.25, 0.3) is 6.08 Å². The fourth-order valence-corrected chi connectivity index (χ4v) is 4.24. The Hall–Kier alpha value is -3.47. The van der Waals surface area contributed by atoms with Gasteiger partial charge in [0.25, 0.3) is 5.91 Å². The molecule has 4 aromatic rings. The molecule has 9 heteroatoms. The van der Waals surface area contributed by atoms with Gasteiger partial charge < -0.3 is 14.8 Å². The zero-order chi connectivity index (χ0) is 27.8. The number of carbonyl (C=O) groups excluding carboxylic acids is 1. The van der Waals surface area contributed by atoms with Gasteiger partial charge in [-0.15, -0.1) is 0 Å². The molecule has 5 nitrogen and oxygen atoms in total. The van der Waals surface area contributed by atoms with Crippen molar-refractivity contribution in [3.63, 3.8) is 0 Å². The molecular formula is C30H20BrCl3N2O3. The third-order valence-corrected chi connectivity index (χ3v) is 7.00. The summed E-state index contributed by atoms with van der Waals surface area (Å²) in [5.74, 6) is 0.561. The molecule has 39 heavy (non-hydrogen) atoms. The van der Waals surface area contributed by atoms with Crippen molar-refractivity contribution in [1.82, 2.24) is 0 Å². The van der Waals surface area contributed by atoms with Gasteiger partial charge in [0, 0.05) is 10.2 Å². The van der Waals surface area contributed by atoms with E-state index in [1.807, 2.05) is 36.4 Å². The Labute approximate surface area is 249 Å². The highest BCUT2D eigenvalue weighted by Gasteiger charge is 2.11. The average Bonchev–Trinajstić information content (AvgIpc) is 2.93. The second-order valence-corrected chi connectivity index (χ2v) is 10.4. The zero-order valence-corrected chi connectivity index (χ0v) is 24.1. The first kappa shape index (κ1) is 28.5. The second-order valence-electron chi connectivity index (χ2n) is 8.29. The van der Waals surface area contributed by atoms with Crippen LogP contribution in [0.15, 0.2) is 95.0 Å². The van der Waals surface area contributed by atoms with Crippen molar-refractivity contribution in [1.29, 1.82) is 5.26 Å². The molecular weight excluding hydrogens is 623 g/mol. The van der Waals surface area contributed by atoms with Gasteiger partial charge in [0.05, 0.1) is 15.1 Å². The predicted molar refractivity (Wildman–Crippen MR) is 159 cm³/mol. The summed E-state index contributed by atoms with van der Waals surface area (Å²) in [6.07, 6.45) is 1.46. The van der Waals surface area contributed by atoms with Gasteiger partial charge in [-0.05, 0) is 83.4 Å². The van der Waals surface area contributed by atoms with Crippen molar-refractivity contribution in [2.45, 2.75) is 13.2 Å². The summed E-state index contributed by atoms with van der Waals surface area (Å²) in [5.41, 5.74) is 2.89. The van der Waals surface area contributed by atoms with E-state index < -0.39 is 5.91 Å². The molecule has 0 unspecified atom stereocenters. The lowest BCUT2D eigenvalue weighted by atomic mass is 10.1. The van der Waals surface area contributed by atoms with E-state index in [0.717, 1.165) is 15.6 Å². The number of hydrogen-bond acceptors (Lipinski definition) is 4. The normalized spacial score (nSPS) is 11.0. The molecule has 1 N–H and O–H groups in total. The van der Waals surface area contributed by atoms with Crippen LogP contribution < -0.4 is 14.8 Å². The van der Waals surface area contributed by atoms with Crippen molar-refractivity contribution >= 4 is 68.4 Å². The molecule has 0 heterocycles. The van der Waals surface area contributed by atoms with E-state index in [1.54, 1.807) is 54.6 Å². The smallest absolute Gasteiger partial charge is 0.266 e. The van der Waals surface area contributed by atoms with Crippen molar-refractivity contribution in [2.24, 2.45) is 0 Å². The molecule has 0 bridgehead atoms. The number of nitrogens with zero attached hydrogens (tertiary/aromatic N) is 1. The maximum Gasteiger partial charge on any atom is 0.266 e. The van der Waals surface area contributed by atoms with E-state index in [-0.39, 0.29) is 12.2 Å². The third kappa shape index (κ3) is 8.26. The number of halogens is 4. The van der Waals surface area contributed by atoms with Crippen molar-refractivity contribution in [3.8, 4) is 17.6 Å². The van der Waals surface area contributed by atoms with Gasteiger partial charge in [0.15, 0.2) is 0 Å². The summed E-state index contributed by atoms with van der Waals surface area (Å²) in [5, 5.41) is 13.5. The molecule has 4 aromatic carbocycles. The van der Waals surface area contributed by atoms with Crippen LogP contribution in [0.1, 0.15) is 16.7 Å². The van der Waals surface area contributed by atoms with E-state index in [9.17, 15) is 10.1 Å². The number of nitriles is 1. The Morgan fingerprint density at radius 3 is 2.18 bits per heavy atom. The number of rotatable bonds is 9. The number of ether oxygens (including phenoxy) is 2. The minimum atomic E-state index is -0.544. The van der Waals surface area contributed by atoms with Crippen LogP contribution in [0.5, 0.6) is 11.5 Å². The van der Waals surface area contributed by atoms with Crippen LogP contribution in [0.2, 0.25) is 15.1 Å². The molecule has 0 fully saturated rings. The zero-order valence-electron chi connectivity index (χ0n) is 20.3. The number of hydrogen-bond donors (Lipinski definition) is 1. The quantitative estimate of drug-likeness (QED) is 0.146. The fraction of sp³-hybridized carbons (Fsp3) is 0.0667. The molecule has 0 aliphatic carbocycles. The van der Waals surface area contributed by atoms with Gasteiger partial charge in [0.2, 0.25) is 0 Å².